The lowest BCUT2D eigenvalue weighted by atomic mass is 10.1. The molecule has 0 saturated carbocycles. The normalized spacial score (nSPS) is 24.1. The highest BCUT2D eigenvalue weighted by molar-refractivity contribution is 5.93. The third-order valence-corrected chi connectivity index (χ3v) is 1.96. The van der Waals surface area contributed by atoms with E-state index in [1.165, 1.54) is 6.92 Å². The Morgan fingerprint density at radius 3 is 2.79 bits per heavy atom. The summed E-state index contributed by atoms with van der Waals surface area (Å²) in [4.78, 5) is 11.5. The van der Waals surface area contributed by atoms with Crippen LogP contribution in [0.3, 0.4) is 0 Å². The number of hydrogen-bond acceptors (Lipinski definition) is 3. The van der Waals surface area contributed by atoms with Gasteiger partial charge in [0.2, 0.25) is 0 Å². The van der Waals surface area contributed by atoms with Crippen LogP contribution in [0.25, 0.3) is 0 Å². The van der Waals surface area contributed by atoms with E-state index in [1.807, 2.05) is 0 Å². The number of terminal acetylenes is 1. The maximum Gasteiger partial charge on any atom is 0.345 e. The molecule has 1 aliphatic rings. The number of ether oxygens (including phenoxy) is 2. The topological polar surface area (TPSA) is 35.5 Å². The minimum absolute atomic E-state index is 0.403. The molecule has 1 atom stereocenters. The number of carbonyl (C=O) groups is 1. The molecule has 0 fully saturated rings. The summed E-state index contributed by atoms with van der Waals surface area (Å²) in [6.45, 7) is 1.53. The average Bonchev–Trinajstić information content (AvgIpc) is 2.18. The highest BCUT2D eigenvalue weighted by atomic mass is 16.7. The summed E-state index contributed by atoms with van der Waals surface area (Å²) in [5, 5.41) is 0. The van der Waals surface area contributed by atoms with Crippen molar-refractivity contribution in [3.05, 3.63) is 29.8 Å². The lowest BCUT2D eigenvalue weighted by Crippen LogP contribution is -2.40. The molecule has 1 unspecified atom stereocenters. The summed E-state index contributed by atoms with van der Waals surface area (Å²) in [6, 6.07) is 6.83. The summed E-state index contributed by atoms with van der Waals surface area (Å²) < 4.78 is 10.3. The van der Waals surface area contributed by atoms with Crippen molar-refractivity contribution < 1.29 is 14.3 Å². The van der Waals surface area contributed by atoms with Gasteiger partial charge in [0.15, 0.2) is 0 Å². The Bertz CT molecular complexity index is 430. The molecule has 70 valence electrons. The Kier molecular flexibility index (Phi) is 1.71. The largest absolute Gasteiger partial charge is 0.441 e. The molecule has 0 aromatic heterocycles. The molecule has 0 N–H and O–H groups in total. The van der Waals surface area contributed by atoms with Gasteiger partial charge in [-0.15, -0.1) is 6.42 Å². The van der Waals surface area contributed by atoms with Crippen LogP contribution in [0.4, 0.5) is 0 Å². The van der Waals surface area contributed by atoms with Gasteiger partial charge in [-0.1, -0.05) is 12.1 Å². The summed E-state index contributed by atoms with van der Waals surface area (Å²) in [7, 11) is 0. The summed E-state index contributed by atoms with van der Waals surface area (Å²) in [5.74, 6) is 1.01. The molecule has 0 saturated heterocycles. The number of fused-ring (bicyclic) bond motifs is 1. The van der Waals surface area contributed by atoms with Gasteiger partial charge in [0.1, 0.15) is 11.3 Å². The van der Waals surface area contributed by atoms with E-state index in [1.54, 1.807) is 24.3 Å². The molecular formula is C11H8O3. The fourth-order valence-electron chi connectivity index (χ4n) is 1.25. The molecule has 1 heterocycles. The Morgan fingerprint density at radius 2 is 2.07 bits per heavy atom. The summed E-state index contributed by atoms with van der Waals surface area (Å²) in [5.41, 5.74) is 0.403. The molecule has 0 spiro atoms. The van der Waals surface area contributed by atoms with Crippen molar-refractivity contribution in [1.29, 1.82) is 0 Å². The predicted octanol–water partition coefficient (Wildman–Crippen LogP) is 1.59. The molecule has 0 amide bonds. The first-order chi connectivity index (χ1) is 6.64. The van der Waals surface area contributed by atoms with Crippen molar-refractivity contribution in [2.24, 2.45) is 0 Å². The second-order valence-corrected chi connectivity index (χ2v) is 3.08. The van der Waals surface area contributed by atoms with E-state index in [2.05, 4.69) is 5.92 Å². The number of hydrogen-bond donors (Lipinski definition) is 0. The number of esters is 1. The van der Waals surface area contributed by atoms with Gasteiger partial charge in [-0.2, -0.15) is 0 Å². The van der Waals surface area contributed by atoms with Gasteiger partial charge in [-0.25, -0.2) is 4.79 Å². The fraction of sp³-hybridized carbons (Fsp3) is 0.182. The molecular weight excluding hydrogens is 180 g/mol. The van der Waals surface area contributed by atoms with Crippen molar-refractivity contribution in [2.75, 3.05) is 0 Å². The maximum absolute atomic E-state index is 11.5. The van der Waals surface area contributed by atoms with E-state index in [0.717, 1.165) is 0 Å². The summed E-state index contributed by atoms with van der Waals surface area (Å²) >= 11 is 0. The van der Waals surface area contributed by atoms with Gasteiger partial charge < -0.3 is 9.47 Å². The van der Waals surface area contributed by atoms with Crippen LogP contribution in [0.1, 0.15) is 17.3 Å². The van der Waals surface area contributed by atoms with Gasteiger partial charge >= 0.3 is 11.8 Å². The monoisotopic (exact) mass is 188 g/mol. The maximum atomic E-state index is 11.5. The Balaban J connectivity index is 2.49. The highest BCUT2D eigenvalue weighted by Gasteiger charge is 2.36. The van der Waals surface area contributed by atoms with Crippen LogP contribution >= 0.6 is 0 Å². The van der Waals surface area contributed by atoms with E-state index in [9.17, 15) is 4.79 Å². The quantitative estimate of drug-likeness (QED) is 0.458. The summed E-state index contributed by atoms with van der Waals surface area (Å²) in [6.07, 6.45) is 5.20. The van der Waals surface area contributed by atoms with Crippen molar-refractivity contribution >= 4 is 5.97 Å². The molecule has 1 aromatic rings. The van der Waals surface area contributed by atoms with Gasteiger partial charge in [-0.05, 0) is 18.1 Å². The second kappa shape index (κ2) is 2.78. The van der Waals surface area contributed by atoms with Crippen molar-refractivity contribution in [3.63, 3.8) is 0 Å². The number of cyclic esters (lactones) is 1. The van der Waals surface area contributed by atoms with E-state index in [0.29, 0.717) is 11.3 Å². The van der Waals surface area contributed by atoms with Crippen LogP contribution in [0.2, 0.25) is 0 Å². The van der Waals surface area contributed by atoms with E-state index in [-0.39, 0.29) is 0 Å². The van der Waals surface area contributed by atoms with Crippen LogP contribution in [0.15, 0.2) is 24.3 Å². The minimum atomic E-state index is -1.29. The van der Waals surface area contributed by atoms with Gasteiger partial charge in [0.05, 0.1) is 0 Å². The number of benzene rings is 1. The molecule has 2 rings (SSSR count). The van der Waals surface area contributed by atoms with Gasteiger partial charge in [-0.3, -0.25) is 0 Å². The zero-order chi connectivity index (χ0) is 10.2. The van der Waals surface area contributed by atoms with Crippen LogP contribution in [-0.2, 0) is 4.74 Å². The third-order valence-electron chi connectivity index (χ3n) is 1.96. The lowest BCUT2D eigenvalue weighted by molar-refractivity contribution is -0.0983. The molecule has 3 nitrogen and oxygen atoms in total. The van der Waals surface area contributed by atoms with Crippen LogP contribution in [0, 0.1) is 12.3 Å². The average molecular weight is 188 g/mol. The first kappa shape index (κ1) is 8.64. The van der Waals surface area contributed by atoms with Gasteiger partial charge in [0.25, 0.3) is 0 Å². The molecule has 0 radical (unpaired) electrons. The number of rotatable bonds is 0. The van der Waals surface area contributed by atoms with Crippen LogP contribution in [0.5, 0.6) is 5.75 Å². The second-order valence-electron chi connectivity index (χ2n) is 3.08. The molecule has 14 heavy (non-hydrogen) atoms. The Hall–Kier alpha value is -1.95. The zero-order valence-corrected chi connectivity index (χ0v) is 7.61. The van der Waals surface area contributed by atoms with Crippen LogP contribution < -0.4 is 4.74 Å². The molecule has 1 aromatic carbocycles. The molecule has 0 aliphatic carbocycles. The fourth-order valence-corrected chi connectivity index (χ4v) is 1.25. The zero-order valence-electron chi connectivity index (χ0n) is 7.61. The first-order valence-corrected chi connectivity index (χ1v) is 4.14. The first-order valence-electron chi connectivity index (χ1n) is 4.14. The van der Waals surface area contributed by atoms with Crippen molar-refractivity contribution in [2.45, 2.75) is 12.7 Å². The Morgan fingerprint density at radius 1 is 1.36 bits per heavy atom. The number of para-hydroxylation sites is 1. The van der Waals surface area contributed by atoms with Crippen molar-refractivity contribution in [3.8, 4) is 18.1 Å². The third kappa shape index (κ3) is 1.21. The lowest BCUT2D eigenvalue weighted by Gasteiger charge is -2.30. The molecule has 3 heteroatoms. The minimum Gasteiger partial charge on any atom is -0.441 e. The van der Waals surface area contributed by atoms with Crippen molar-refractivity contribution in [1.82, 2.24) is 0 Å². The van der Waals surface area contributed by atoms with E-state index in [4.69, 9.17) is 15.9 Å². The SMILES string of the molecule is C#CC1(C)OC(=O)c2ccccc2O1. The van der Waals surface area contributed by atoms with E-state index >= 15 is 0 Å². The predicted molar refractivity (Wildman–Crippen MR) is 49.7 cm³/mol. The van der Waals surface area contributed by atoms with Gasteiger partial charge in [0, 0.05) is 6.92 Å². The number of carbonyl (C=O) groups excluding carboxylic acids is 1. The standard InChI is InChI=1S/C11H8O3/c1-3-11(2)13-9-7-5-4-6-8(9)10(12)14-11/h1,4-7H,2H3. The highest BCUT2D eigenvalue weighted by Crippen LogP contribution is 2.30. The van der Waals surface area contributed by atoms with Crippen LogP contribution in [-0.4, -0.2) is 11.8 Å². The Labute approximate surface area is 81.6 Å². The molecule has 1 aliphatic heterocycles. The smallest absolute Gasteiger partial charge is 0.345 e. The van der Waals surface area contributed by atoms with E-state index < -0.39 is 11.8 Å². The molecule has 0 bridgehead atoms.